The third-order valence-corrected chi connectivity index (χ3v) is 5.94. The first kappa shape index (κ1) is 20.0. The monoisotopic (exact) mass is 418 g/mol. The molecule has 4 aromatic rings. The van der Waals surface area contributed by atoms with Gasteiger partial charge in [0.25, 0.3) is 0 Å². The van der Waals surface area contributed by atoms with Crippen molar-refractivity contribution in [2.75, 3.05) is 6.54 Å². The molecular formula is C23H22N4O2S. The maximum absolute atomic E-state index is 12.9. The van der Waals surface area contributed by atoms with E-state index in [1.54, 1.807) is 18.3 Å². The number of aromatic nitrogens is 3. The molecule has 1 unspecified atom stereocenters. The summed E-state index contributed by atoms with van der Waals surface area (Å²) in [6.07, 6.45) is 2.32. The number of thioether (sulfide) groups is 1. The number of nitrogens with one attached hydrogen (secondary N) is 1. The molecule has 0 saturated carbocycles. The fourth-order valence-electron chi connectivity index (χ4n) is 3.18. The number of fused-ring (bicyclic) bond motifs is 1. The van der Waals surface area contributed by atoms with E-state index >= 15 is 0 Å². The molecule has 2 aromatic heterocycles. The minimum Gasteiger partial charge on any atom is -0.355 e. The van der Waals surface area contributed by atoms with E-state index in [9.17, 15) is 9.59 Å². The number of rotatable bonds is 8. The van der Waals surface area contributed by atoms with E-state index in [1.165, 1.54) is 20.8 Å². The number of nitrogens with zero attached hydrogens (tertiary/aromatic N) is 3. The molecule has 0 bridgehead atoms. The second-order valence-electron chi connectivity index (χ2n) is 6.80. The molecule has 7 heteroatoms. The number of amides is 1. The van der Waals surface area contributed by atoms with E-state index in [0.29, 0.717) is 25.2 Å². The largest absolute Gasteiger partial charge is 0.355 e. The van der Waals surface area contributed by atoms with Crippen LogP contribution in [0.15, 0.2) is 94.7 Å². The lowest BCUT2D eigenvalue weighted by Gasteiger charge is -2.17. The van der Waals surface area contributed by atoms with Gasteiger partial charge in [-0.1, -0.05) is 54.6 Å². The summed E-state index contributed by atoms with van der Waals surface area (Å²) in [4.78, 5) is 26.3. The van der Waals surface area contributed by atoms with E-state index in [-0.39, 0.29) is 16.8 Å². The number of pyridine rings is 1. The Hall–Kier alpha value is -3.32. The fourth-order valence-corrected chi connectivity index (χ4v) is 4.25. The quantitative estimate of drug-likeness (QED) is 0.351. The van der Waals surface area contributed by atoms with Gasteiger partial charge in [0.15, 0.2) is 5.65 Å². The fraction of sp³-hybridized carbons (Fsp3) is 0.174. The molecule has 2 aromatic carbocycles. The number of aryl methyl sites for hydroxylation is 1. The number of carbonyl (C=O) groups excluding carboxylic acids is 1. The smallest absolute Gasteiger partial charge is 0.350 e. The molecular weight excluding hydrogens is 396 g/mol. The van der Waals surface area contributed by atoms with Crippen LogP contribution in [-0.4, -0.2) is 26.6 Å². The number of hydrogen-bond acceptors (Lipinski definition) is 4. The van der Waals surface area contributed by atoms with Crippen LogP contribution in [0.2, 0.25) is 0 Å². The van der Waals surface area contributed by atoms with Crippen LogP contribution in [0.1, 0.15) is 17.2 Å². The van der Waals surface area contributed by atoms with Crippen molar-refractivity contribution in [3.05, 3.63) is 101 Å². The third kappa shape index (κ3) is 4.63. The molecule has 6 nitrogen and oxygen atoms in total. The zero-order valence-electron chi connectivity index (χ0n) is 16.3. The second kappa shape index (κ2) is 9.45. The Kier molecular flexibility index (Phi) is 6.29. The highest BCUT2D eigenvalue weighted by molar-refractivity contribution is 8.00. The molecule has 0 spiro atoms. The summed E-state index contributed by atoms with van der Waals surface area (Å²) in [6.45, 7) is 0.917. The standard InChI is InChI=1S/C23H22N4O2S/c28-22(21(18-10-3-1-4-11-18)30-19-12-5-2-6-13-19)24-15-9-17-27-23(29)26-16-8-7-14-20(26)25-27/h1-8,10-14,16,21H,9,15,17H2,(H,24,28). The van der Waals surface area contributed by atoms with E-state index in [0.717, 1.165) is 10.5 Å². The van der Waals surface area contributed by atoms with Crippen molar-refractivity contribution in [2.24, 2.45) is 0 Å². The molecule has 152 valence electrons. The van der Waals surface area contributed by atoms with Crippen LogP contribution in [0.3, 0.4) is 0 Å². The Labute approximate surface area is 178 Å². The summed E-state index contributed by atoms with van der Waals surface area (Å²) in [5, 5.41) is 6.99. The Morgan fingerprint density at radius 1 is 0.967 bits per heavy atom. The number of hydrogen-bond donors (Lipinski definition) is 1. The second-order valence-corrected chi connectivity index (χ2v) is 7.98. The van der Waals surface area contributed by atoms with Gasteiger partial charge < -0.3 is 5.32 Å². The Balaban J connectivity index is 1.38. The molecule has 0 saturated heterocycles. The van der Waals surface area contributed by atoms with Crippen molar-refractivity contribution in [1.29, 1.82) is 0 Å². The van der Waals surface area contributed by atoms with Gasteiger partial charge in [-0.25, -0.2) is 9.48 Å². The van der Waals surface area contributed by atoms with Crippen LogP contribution in [0.4, 0.5) is 0 Å². The van der Waals surface area contributed by atoms with Crippen LogP contribution in [0.5, 0.6) is 0 Å². The predicted octanol–water partition coefficient (Wildman–Crippen LogP) is 3.54. The maximum Gasteiger partial charge on any atom is 0.350 e. The van der Waals surface area contributed by atoms with Crippen molar-refractivity contribution in [2.45, 2.75) is 23.1 Å². The van der Waals surface area contributed by atoms with Crippen LogP contribution in [0, 0.1) is 0 Å². The molecule has 0 aliphatic carbocycles. The molecule has 0 aliphatic rings. The van der Waals surface area contributed by atoms with Crippen LogP contribution in [-0.2, 0) is 11.3 Å². The first-order chi connectivity index (χ1) is 14.7. The van der Waals surface area contributed by atoms with Crippen LogP contribution < -0.4 is 11.0 Å². The highest BCUT2D eigenvalue weighted by atomic mass is 32.2. The lowest BCUT2D eigenvalue weighted by Crippen LogP contribution is -2.30. The molecule has 2 heterocycles. The first-order valence-corrected chi connectivity index (χ1v) is 10.7. The average Bonchev–Trinajstić information content (AvgIpc) is 3.12. The van der Waals surface area contributed by atoms with Crippen molar-refractivity contribution in [3.8, 4) is 0 Å². The third-order valence-electron chi connectivity index (χ3n) is 4.67. The zero-order chi connectivity index (χ0) is 20.8. The highest BCUT2D eigenvalue weighted by Gasteiger charge is 2.21. The molecule has 1 amide bonds. The zero-order valence-corrected chi connectivity index (χ0v) is 17.2. The van der Waals surface area contributed by atoms with Gasteiger partial charge >= 0.3 is 5.69 Å². The molecule has 30 heavy (non-hydrogen) atoms. The Morgan fingerprint density at radius 2 is 1.67 bits per heavy atom. The van der Waals surface area contributed by atoms with Crippen molar-refractivity contribution in [1.82, 2.24) is 19.5 Å². The minimum atomic E-state index is -0.341. The topological polar surface area (TPSA) is 68.4 Å². The summed E-state index contributed by atoms with van der Waals surface area (Å²) in [5.74, 6) is -0.0441. The Morgan fingerprint density at radius 3 is 2.40 bits per heavy atom. The SMILES string of the molecule is O=C(NCCCn1nc2ccccn2c1=O)C(Sc1ccccc1)c1ccccc1. The molecule has 0 aliphatic heterocycles. The molecule has 4 rings (SSSR count). The maximum atomic E-state index is 12.9. The molecule has 0 fully saturated rings. The summed E-state index contributed by atoms with van der Waals surface area (Å²) in [5.41, 5.74) is 1.41. The number of carbonyl (C=O) groups is 1. The van der Waals surface area contributed by atoms with E-state index in [1.807, 2.05) is 66.7 Å². The van der Waals surface area contributed by atoms with Gasteiger partial charge in [0.05, 0.1) is 0 Å². The average molecular weight is 419 g/mol. The van der Waals surface area contributed by atoms with Crippen molar-refractivity contribution < 1.29 is 4.79 Å². The van der Waals surface area contributed by atoms with Gasteiger partial charge in [-0.2, -0.15) is 0 Å². The summed E-state index contributed by atoms with van der Waals surface area (Å²) in [7, 11) is 0. The van der Waals surface area contributed by atoms with E-state index < -0.39 is 0 Å². The van der Waals surface area contributed by atoms with Crippen molar-refractivity contribution >= 4 is 23.3 Å². The normalized spacial score (nSPS) is 12.0. The van der Waals surface area contributed by atoms with Crippen LogP contribution >= 0.6 is 11.8 Å². The molecule has 0 radical (unpaired) electrons. The lowest BCUT2D eigenvalue weighted by atomic mass is 10.1. The van der Waals surface area contributed by atoms with Crippen molar-refractivity contribution in [3.63, 3.8) is 0 Å². The van der Waals surface area contributed by atoms with Crippen LogP contribution in [0.25, 0.3) is 5.65 Å². The summed E-state index contributed by atoms with van der Waals surface area (Å²) in [6, 6.07) is 25.1. The van der Waals surface area contributed by atoms with Gasteiger partial charge in [-0.05, 0) is 36.2 Å². The minimum absolute atomic E-state index is 0.0441. The predicted molar refractivity (Wildman–Crippen MR) is 119 cm³/mol. The molecule has 1 N–H and O–H groups in total. The van der Waals surface area contributed by atoms with E-state index in [4.69, 9.17) is 0 Å². The highest BCUT2D eigenvalue weighted by Crippen LogP contribution is 2.35. The van der Waals surface area contributed by atoms with Gasteiger partial charge in [-0.3, -0.25) is 9.20 Å². The lowest BCUT2D eigenvalue weighted by molar-refractivity contribution is -0.120. The number of benzene rings is 2. The van der Waals surface area contributed by atoms with Gasteiger partial charge in [0.1, 0.15) is 5.25 Å². The Bertz CT molecular complexity index is 1170. The van der Waals surface area contributed by atoms with Gasteiger partial charge in [0.2, 0.25) is 5.91 Å². The first-order valence-electron chi connectivity index (χ1n) is 9.81. The summed E-state index contributed by atoms with van der Waals surface area (Å²) >= 11 is 1.53. The molecule has 1 atom stereocenters. The van der Waals surface area contributed by atoms with E-state index in [2.05, 4.69) is 10.4 Å². The van der Waals surface area contributed by atoms with Gasteiger partial charge in [0, 0.05) is 24.2 Å². The van der Waals surface area contributed by atoms with Gasteiger partial charge in [-0.15, -0.1) is 16.9 Å². The summed E-state index contributed by atoms with van der Waals surface area (Å²) < 4.78 is 2.95.